The molecule has 1 rings (SSSR count). The molecule has 12 nitrogen and oxygen atoms in total. The molecule has 43 heavy (non-hydrogen) atoms. The molecule has 5 atom stereocenters. The van der Waals surface area contributed by atoms with Gasteiger partial charge in [-0.15, -0.1) is 5.10 Å². The van der Waals surface area contributed by atoms with Gasteiger partial charge in [-0.3, -0.25) is 9.59 Å². The normalized spacial score (nSPS) is 15.0. The summed E-state index contributed by atoms with van der Waals surface area (Å²) in [6.45, 7) is 3.22. The van der Waals surface area contributed by atoms with Gasteiger partial charge in [-0.25, -0.2) is 4.68 Å². The highest BCUT2D eigenvalue weighted by Crippen LogP contribution is 2.14. The van der Waals surface area contributed by atoms with Crippen LogP contribution in [-0.2, 0) is 16.1 Å². The fourth-order valence-electron chi connectivity index (χ4n) is 4.62. The van der Waals surface area contributed by atoms with Crippen molar-refractivity contribution in [3.63, 3.8) is 0 Å². The Morgan fingerprint density at radius 1 is 0.837 bits per heavy atom. The van der Waals surface area contributed by atoms with Crippen molar-refractivity contribution in [1.29, 1.82) is 0 Å². The van der Waals surface area contributed by atoms with Gasteiger partial charge in [-0.2, -0.15) is 11.8 Å². The van der Waals surface area contributed by atoms with E-state index in [2.05, 4.69) is 27.9 Å². The summed E-state index contributed by atoms with van der Waals surface area (Å²) in [5.41, 5.74) is 0. The maximum atomic E-state index is 13.0. The lowest BCUT2D eigenvalue weighted by atomic mass is 10.0. The predicted octanol–water partition coefficient (Wildman–Crippen LogP) is 2.76. The number of aliphatic hydroxyl groups is 5. The van der Waals surface area contributed by atoms with Crippen LogP contribution in [0.5, 0.6) is 0 Å². The van der Waals surface area contributed by atoms with Crippen LogP contribution in [0.2, 0.25) is 0 Å². The molecule has 0 radical (unpaired) electrons. The minimum atomic E-state index is -1.76. The molecule has 1 aromatic heterocycles. The van der Waals surface area contributed by atoms with Crippen molar-refractivity contribution >= 4 is 29.4 Å². The van der Waals surface area contributed by atoms with Crippen molar-refractivity contribution in [3.05, 3.63) is 6.20 Å². The molecule has 2 amide bonds. The first kappa shape index (κ1) is 39.3. The van der Waals surface area contributed by atoms with Gasteiger partial charge in [0, 0.05) is 12.2 Å². The van der Waals surface area contributed by atoms with Crippen LogP contribution in [0, 0.1) is 0 Å². The highest BCUT2D eigenvalue weighted by Gasteiger charge is 2.30. The zero-order valence-electron chi connectivity index (χ0n) is 26.2. The third kappa shape index (κ3) is 18.0. The first-order chi connectivity index (χ1) is 20.7. The largest absolute Gasteiger partial charge is 0.394 e. The van der Waals surface area contributed by atoms with E-state index in [1.807, 2.05) is 6.92 Å². The second kappa shape index (κ2) is 24.5. The van der Waals surface area contributed by atoms with Crippen LogP contribution in [-0.4, -0.2) is 101 Å². The average molecular weight is 632 g/mol. The van der Waals surface area contributed by atoms with E-state index in [1.54, 1.807) is 11.8 Å². The molecule has 0 saturated carbocycles. The molecule has 0 aromatic carbocycles. The number of rotatable bonds is 27. The molecular formula is C30H57N5O7S. The zero-order valence-corrected chi connectivity index (χ0v) is 27.0. The Hall–Kier alpha value is -1.77. The van der Waals surface area contributed by atoms with Crippen LogP contribution in [0.1, 0.15) is 110 Å². The highest BCUT2D eigenvalue weighted by atomic mass is 32.2. The van der Waals surface area contributed by atoms with E-state index in [0.29, 0.717) is 12.2 Å². The van der Waals surface area contributed by atoms with E-state index < -0.39 is 43.0 Å². The number of thioether (sulfide) groups is 1. The number of hydrogen-bond acceptors (Lipinski definition) is 10. The Labute approximate surface area is 261 Å². The fraction of sp³-hybridized carbons (Fsp3) is 0.867. The molecule has 0 unspecified atom stereocenters. The lowest BCUT2D eigenvalue weighted by Gasteiger charge is -2.25. The second-order valence-electron chi connectivity index (χ2n) is 11.3. The summed E-state index contributed by atoms with van der Waals surface area (Å²) in [7, 11) is 0. The van der Waals surface area contributed by atoms with E-state index in [9.17, 15) is 30.0 Å². The third-order valence-corrected chi connectivity index (χ3v) is 8.55. The number of aromatic nitrogens is 3. The Morgan fingerprint density at radius 3 is 1.95 bits per heavy atom. The maximum absolute atomic E-state index is 13.0. The number of unbranched alkanes of at least 4 members (excludes halogenated alkanes) is 12. The molecule has 13 heteroatoms. The molecule has 250 valence electrons. The van der Waals surface area contributed by atoms with Crippen LogP contribution in [0.25, 0.3) is 0 Å². The van der Waals surface area contributed by atoms with Crippen LogP contribution in [0.15, 0.2) is 6.20 Å². The van der Waals surface area contributed by atoms with E-state index in [4.69, 9.17) is 5.11 Å². The number of nitrogens with zero attached hydrogens (tertiary/aromatic N) is 3. The second-order valence-corrected chi connectivity index (χ2v) is 12.5. The summed E-state index contributed by atoms with van der Waals surface area (Å²) >= 11 is 1.57. The minimum Gasteiger partial charge on any atom is -0.394 e. The van der Waals surface area contributed by atoms with E-state index in [0.717, 1.165) is 36.1 Å². The number of amides is 2. The van der Waals surface area contributed by atoms with Crippen molar-refractivity contribution in [1.82, 2.24) is 20.3 Å². The van der Waals surface area contributed by atoms with Gasteiger partial charge in [0.1, 0.15) is 30.5 Å². The smallest absolute Gasteiger partial charge is 0.249 e. The van der Waals surface area contributed by atoms with Crippen molar-refractivity contribution in [2.45, 2.75) is 147 Å². The van der Waals surface area contributed by atoms with E-state index >= 15 is 0 Å². The predicted molar refractivity (Wildman–Crippen MR) is 170 cm³/mol. The van der Waals surface area contributed by atoms with Gasteiger partial charge < -0.3 is 36.2 Å². The van der Waals surface area contributed by atoms with Gasteiger partial charge in [0.2, 0.25) is 11.8 Å². The van der Waals surface area contributed by atoms with Gasteiger partial charge in [-0.05, 0) is 18.6 Å². The fourth-order valence-corrected chi connectivity index (χ4v) is 5.55. The van der Waals surface area contributed by atoms with Crippen LogP contribution in [0.3, 0.4) is 0 Å². The van der Waals surface area contributed by atoms with Crippen molar-refractivity contribution in [3.8, 4) is 0 Å². The van der Waals surface area contributed by atoms with E-state index in [-0.39, 0.29) is 18.3 Å². The summed E-state index contributed by atoms with van der Waals surface area (Å²) in [5, 5.41) is 61.4. The standard InChI is InChI=1S/C30H57N5O7S/c1-3-5-6-7-8-9-10-11-12-13-14-15-16-17-27(39)31-23(22-43-18-4-2)30(42)32-26-20-35(34-33-26)19-24(37)28(40)29(41)25(38)21-36/h20,23-25,28-29,36-38,40-41H,3-19,21-22H2,1-2H3,(H,31,39)(H,32,42)/t23-,24+,25-,28+,29-/m1/s1. The minimum absolute atomic E-state index is 0.0962. The molecule has 0 aliphatic rings. The van der Waals surface area contributed by atoms with Crippen molar-refractivity contribution in [2.24, 2.45) is 0 Å². The summed E-state index contributed by atoms with van der Waals surface area (Å²) in [6, 6.07) is -0.751. The zero-order chi connectivity index (χ0) is 31.9. The number of nitrogens with one attached hydrogen (secondary N) is 2. The number of anilines is 1. The molecule has 0 aliphatic carbocycles. The summed E-state index contributed by atoms with van der Waals surface area (Å²) in [5.74, 6) is 0.764. The molecule has 0 fully saturated rings. The van der Waals surface area contributed by atoms with Crippen LogP contribution in [0.4, 0.5) is 5.82 Å². The Morgan fingerprint density at radius 2 is 1.40 bits per heavy atom. The molecule has 1 aromatic rings. The van der Waals surface area contributed by atoms with Crippen molar-refractivity contribution in [2.75, 3.05) is 23.4 Å². The number of hydrogen-bond donors (Lipinski definition) is 7. The molecule has 0 saturated heterocycles. The molecule has 7 N–H and O–H groups in total. The first-order valence-electron chi connectivity index (χ1n) is 16.1. The summed E-state index contributed by atoms with van der Waals surface area (Å²) in [4.78, 5) is 25.6. The van der Waals surface area contributed by atoms with Crippen molar-refractivity contribution < 1.29 is 35.1 Å². The summed E-state index contributed by atoms with van der Waals surface area (Å²) in [6.07, 6.45) is 12.0. The monoisotopic (exact) mass is 631 g/mol. The van der Waals surface area contributed by atoms with Gasteiger partial charge in [0.15, 0.2) is 5.82 Å². The van der Waals surface area contributed by atoms with Crippen LogP contribution >= 0.6 is 11.8 Å². The van der Waals surface area contributed by atoms with Crippen LogP contribution < -0.4 is 10.6 Å². The van der Waals surface area contributed by atoms with Gasteiger partial charge in [-0.1, -0.05) is 96.1 Å². The molecule has 0 aliphatic heterocycles. The van der Waals surface area contributed by atoms with Gasteiger partial charge >= 0.3 is 0 Å². The maximum Gasteiger partial charge on any atom is 0.249 e. The topological polar surface area (TPSA) is 190 Å². The number of aliphatic hydroxyl groups excluding tert-OH is 5. The molecule has 0 bridgehead atoms. The number of carbonyl (C=O) groups is 2. The Kier molecular flexibility index (Phi) is 22.4. The SMILES string of the molecule is CCCCCCCCCCCCCCCC(=O)N[C@H](CSCCC)C(=O)Nc1cn(C[C@H](O)[C@H](O)[C@H](O)[C@H](O)CO)nn1. The number of carbonyl (C=O) groups excluding carboxylic acids is 2. The lowest BCUT2D eigenvalue weighted by molar-refractivity contribution is -0.126. The molecular weight excluding hydrogens is 574 g/mol. The average Bonchev–Trinajstić information content (AvgIpc) is 3.43. The Bertz CT molecular complexity index is 863. The van der Waals surface area contributed by atoms with E-state index in [1.165, 1.54) is 70.4 Å². The highest BCUT2D eigenvalue weighted by molar-refractivity contribution is 7.99. The Balaban J connectivity index is 2.41. The molecule has 0 spiro atoms. The summed E-state index contributed by atoms with van der Waals surface area (Å²) < 4.78 is 1.16. The quantitative estimate of drug-likeness (QED) is 0.0711. The first-order valence-corrected chi connectivity index (χ1v) is 17.3. The third-order valence-electron chi connectivity index (χ3n) is 7.28. The lowest BCUT2D eigenvalue weighted by Crippen LogP contribution is -2.47. The van der Waals surface area contributed by atoms with Gasteiger partial charge in [0.05, 0.1) is 19.3 Å². The molecule has 1 heterocycles. The van der Waals surface area contributed by atoms with Gasteiger partial charge in [0.25, 0.3) is 0 Å².